The summed E-state index contributed by atoms with van der Waals surface area (Å²) in [5.74, 6) is -0.176. The Kier molecular flexibility index (Phi) is 2.87. The number of rotatable bonds is 4. The third-order valence-electron chi connectivity index (χ3n) is 2.69. The summed E-state index contributed by atoms with van der Waals surface area (Å²) in [5.41, 5.74) is 6.88. The Hall–Kier alpha value is -1.49. The highest BCUT2D eigenvalue weighted by Crippen LogP contribution is 2.37. The van der Waals surface area contributed by atoms with Crippen LogP contribution in [0.15, 0.2) is 12.3 Å². The molecule has 16 heavy (non-hydrogen) atoms. The van der Waals surface area contributed by atoms with Crippen LogP contribution in [-0.2, 0) is 0 Å². The molecule has 0 radical (unpaired) electrons. The normalized spacial score (nSPS) is 17.1. The number of carbonyl (C=O) groups is 1. The van der Waals surface area contributed by atoms with E-state index in [1.807, 2.05) is 4.57 Å². The van der Waals surface area contributed by atoms with Crippen LogP contribution < -0.4 is 11.1 Å². The Morgan fingerprint density at radius 2 is 2.44 bits per heavy atom. The van der Waals surface area contributed by atoms with Crippen LogP contribution in [0.1, 0.15) is 36.3 Å². The second-order valence-corrected chi connectivity index (χ2v) is 4.35. The van der Waals surface area contributed by atoms with E-state index in [1.165, 1.54) is 0 Å². The summed E-state index contributed by atoms with van der Waals surface area (Å²) in [6, 6.07) is 1.86. The van der Waals surface area contributed by atoms with Crippen LogP contribution in [0.4, 0.5) is 5.69 Å². The number of nitrogen functional groups attached to an aromatic ring is 1. The van der Waals surface area contributed by atoms with Crippen molar-refractivity contribution in [1.29, 1.82) is 0 Å². The number of nitrogens with two attached hydrogens (primary N) is 1. The van der Waals surface area contributed by atoms with Crippen LogP contribution in [0.5, 0.6) is 0 Å². The van der Waals surface area contributed by atoms with Crippen molar-refractivity contribution in [1.82, 2.24) is 9.88 Å². The molecule has 1 heterocycles. The molecule has 5 heteroatoms. The summed E-state index contributed by atoms with van der Waals surface area (Å²) < 4.78 is 1.93. The van der Waals surface area contributed by atoms with E-state index >= 15 is 0 Å². The molecule has 88 valence electrons. The molecular weight excluding hydrogens is 206 g/mol. The fourth-order valence-electron chi connectivity index (χ4n) is 1.68. The summed E-state index contributed by atoms with van der Waals surface area (Å²) >= 11 is 0. The van der Waals surface area contributed by atoms with Crippen molar-refractivity contribution in [2.24, 2.45) is 0 Å². The Balaban J connectivity index is 2.15. The average Bonchev–Trinajstić information content (AvgIpc) is 3.01. The highest BCUT2D eigenvalue weighted by atomic mass is 16.3. The first kappa shape index (κ1) is 11.0. The summed E-state index contributed by atoms with van der Waals surface area (Å²) in [7, 11) is 0. The van der Waals surface area contributed by atoms with Crippen molar-refractivity contribution in [2.75, 3.05) is 12.3 Å². The van der Waals surface area contributed by atoms with E-state index in [0.717, 1.165) is 12.8 Å². The Morgan fingerprint density at radius 1 is 1.75 bits per heavy atom. The van der Waals surface area contributed by atoms with Crippen molar-refractivity contribution in [3.05, 3.63) is 18.0 Å². The number of aromatic nitrogens is 1. The van der Waals surface area contributed by atoms with Gasteiger partial charge < -0.3 is 20.7 Å². The number of hydrogen-bond donors (Lipinski definition) is 3. The lowest BCUT2D eigenvalue weighted by Gasteiger charge is -2.12. The number of anilines is 1. The van der Waals surface area contributed by atoms with Crippen LogP contribution in [0, 0.1) is 0 Å². The molecule has 0 saturated heterocycles. The maximum Gasteiger partial charge on any atom is 0.268 e. The molecule has 0 aromatic carbocycles. The number of aliphatic hydroxyl groups is 1. The van der Waals surface area contributed by atoms with Crippen LogP contribution >= 0.6 is 0 Å². The zero-order valence-corrected chi connectivity index (χ0v) is 9.31. The molecule has 0 unspecified atom stereocenters. The smallest absolute Gasteiger partial charge is 0.268 e. The lowest BCUT2D eigenvalue weighted by atomic mass is 10.3. The van der Waals surface area contributed by atoms with Gasteiger partial charge in [-0.1, -0.05) is 0 Å². The van der Waals surface area contributed by atoms with Crippen molar-refractivity contribution >= 4 is 11.6 Å². The molecule has 1 fully saturated rings. The number of hydrogen-bond acceptors (Lipinski definition) is 3. The highest BCUT2D eigenvalue weighted by molar-refractivity contribution is 5.94. The molecule has 1 atom stereocenters. The maximum atomic E-state index is 11.9. The first-order chi connectivity index (χ1) is 7.61. The quantitative estimate of drug-likeness (QED) is 0.696. The third kappa shape index (κ3) is 2.19. The van der Waals surface area contributed by atoms with Crippen molar-refractivity contribution < 1.29 is 9.90 Å². The van der Waals surface area contributed by atoms with Gasteiger partial charge in [0.05, 0.1) is 12.3 Å². The van der Waals surface area contributed by atoms with Crippen molar-refractivity contribution in [3.8, 4) is 0 Å². The molecule has 5 nitrogen and oxygen atoms in total. The number of amides is 1. The predicted octanol–water partition coefficient (Wildman–Crippen LogP) is 0.516. The Bertz CT molecular complexity index is 396. The summed E-state index contributed by atoms with van der Waals surface area (Å²) in [6.07, 6.45) is 4.00. The zero-order valence-electron chi connectivity index (χ0n) is 9.31. The maximum absolute atomic E-state index is 11.9. The average molecular weight is 223 g/mol. The van der Waals surface area contributed by atoms with Gasteiger partial charge in [-0.05, 0) is 25.8 Å². The number of carbonyl (C=O) groups excluding carboxylic acids is 1. The molecule has 1 aromatic heterocycles. The number of aliphatic hydroxyl groups excluding tert-OH is 1. The van der Waals surface area contributed by atoms with Crippen LogP contribution in [0.3, 0.4) is 0 Å². The van der Waals surface area contributed by atoms with Crippen LogP contribution in [-0.4, -0.2) is 28.2 Å². The van der Waals surface area contributed by atoms with Gasteiger partial charge in [-0.25, -0.2) is 0 Å². The first-order valence-electron chi connectivity index (χ1n) is 5.51. The van der Waals surface area contributed by atoms with Gasteiger partial charge in [0.1, 0.15) is 5.69 Å². The molecular formula is C11H17N3O2. The van der Waals surface area contributed by atoms with Gasteiger partial charge in [-0.2, -0.15) is 0 Å². The van der Waals surface area contributed by atoms with E-state index in [9.17, 15) is 4.79 Å². The Labute approximate surface area is 94.2 Å². The van der Waals surface area contributed by atoms with E-state index < -0.39 is 0 Å². The number of nitrogens with zero attached hydrogens (tertiary/aromatic N) is 1. The lowest BCUT2D eigenvalue weighted by Crippen LogP contribution is -2.36. The van der Waals surface area contributed by atoms with Crippen molar-refractivity contribution in [3.63, 3.8) is 0 Å². The van der Waals surface area contributed by atoms with E-state index in [1.54, 1.807) is 19.2 Å². The van der Waals surface area contributed by atoms with Crippen molar-refractivity contribution in [2.45, 2.75) is 31.8 Å². The van der Waals surface area contributed by atoms with Gasteiger partial charge in [0.2, 0.25) is 0 Å². The van der Waals surface area contributed by atoms with E-state index in [4.69, 9.17) is 10.8 Å². The molecule has 0 aliphatic heterocycles. The van der Waals surface area contributed by atoms with E-state index in [-0.39, 0.29) is 18.6 Å². The lowest BCUT2D eigenvalue weighted by molar-refractivity contribution is 0.0912. The molecule has 1 saturated carbocycles. The molecule has 1 amide bonds. The summed E-state index contributed by atoms with van der Waals surface area (Å²) in [4.78, 5) is 11.9. The summed E-state index contributed by atoms with van der Waals surface area (Å²) in [6.45, 7) is 1.69. The SMILES string of the molecule is C[C@@H](CO)NC(=O)c1cc(N)cn1C1CC1. The van der Waals surface area contributed by atoms with Gasteiger partial charge in [0.25, 0.3) is 5.91 Å². The molecule has 0 bridgehead atoms. The monoisotopic (exact) mass is 223 g/mol. The topological polar surface area (TPSA) is 80.3 Å². The third-order valence-corrected chi connectivity index (χ3v) is 2.69. The van der Waals surface area contributed by atoms with Crippen LogP contribution in [0.25, 0.3) is 0 Å². The van der Waals surface area contributed by atoms with Gasteiger partial charge in [0.15, 0.2) is 0 Å². The first-order valence-corrected chi connectivity index (χ1v) is 5.51. The standard InChI is InChI=1S/C11H17N3O2/c1-7(6-15)13-11(16)10-4-8(12)5-14(10)9-2-3-9/h4-5,7,9,15H,2-3,6,12H2,1H3,(H,13,16)/t7-/m0/s1. The molecule has 1 aliphatic rings. The molecule has 2 rings (SSSR count). The largest absolute Gasteiger partial charge is 0.397 e. The molecule has 1 aliphatic carbocycles. The fraction of sp³-hybridized carbons (Fsp3) is 0.545. The zero-order chi connectivity index (χ0) is 11.7. The highest BCUT2D eigenvalue weighted by Gasteiger charge is 2.27. The van der Waals surface area contributed by atoms with Crippen LogP contribution in [0.2, 0.25) is 0 Å². The minimum absolute atomic E-state index is 0.0641. The second kappa shape index (κ2) is 4.17. The predicted molar refractivity (Wildman–Crippen MR) is 61.1 cm³/mol. The van der Waals surface area contributed by atoms with E-state index in [2.05, 4.69) is 5.32 Å². The Morgan fingerprint density at radius 3 is 3.00 bits per heavy atom. The molecule has 1 aromatic rings. The van der Waals surface area contributed by atoms with Gasteiger partial charge in [-0.15, -0.1) is 0 Å². The van der Waals surface area contributed by atoms with Gasteiger partial charge in [0, 0.05) is 18.3 Å². The second-order valence-electron chi connectivity index (χ2n) is 4.35. The minimum Gasteiger partial charge on any atom is -0.397 e. The molecule has 0 spiro atoms. The van der Waals surface area contributed by atoms with Gasteiger partial charge in [-0.3, -0.25) is 4.79 Å². The number of nitrogens with one attached hydrogen (secondary N) is 1. The molecule has 4 N–H and O–H groups in total. The summed E-state index contributed by atoms with van der Waals surface area (Å²) in [5, 5.41) is 11.6. The van der Waals surface area contributed by atoms with E-state index in [0.29, 0.717) is 17.4 Å². The minimum atomic E-state index is -0.240. The van der Waals surface area contributed by atoms with Gasteiger partial charge >= 0.3 is 0 Å². The fourth-order valence-corrected chi connectivity index (χ4v) is 1.68.